The number of fused-ring (bicyclic) bond motifs is 2. The molecule has 3 N–H and O–H groups in total. The van der Waals surface area contributed by atoms with E-state index in [1.165, 1.54) is 54.6 Å². The SMILES string of the molecule is Nc1ccc(N=Nc2ccc(N=Nc3ccc(F)cc3)c3ccc(S(=O)(=O)[O-])cc23)c2c(O)cc(S(=O)(=O)[O-])cc12.[Na+].[Na+]. The fourth-order valence-corrected chi connectivity index (χ4v) is 5.04. The maximum absolute atomic E-state index is 13.2. The fourth-order valence-electron chi connectivity index (χ4n) is 4.02. The summed E-state index contributed by atoms with van der Waals surface area (Å²) >= 11 is 0. The van der Waals surface area contributed by atoms with Crippen molar-refractivity contribution in [3.63, 3.8) is 0 Å². The van der Waals surface area contributed by atoms with Gasteiger partial charge in [0.25, 0.3) is 0 Å². The van der Waals surface area contributed by atoms with Crippen LogP contribution in [0.1, 0.15) is 0 Å². The summed E-state index contributed by atoms with van der Waals surface area (Å²) < 4.78 is 82.8. The van der Waals surface area contributed by atoms with Gasteiger partial charge in [0.05, 0.1) is 37.9 Å². The van der Waals surface area contributed by atoms with Gasteiger partial charge in [0.1, 0.15) is 31.8 Å². The van der Waals surface area contributed by atoms with E-state index in [2.05, 4.69) is 20.5 Å². The second-order valence-corrected chi connectivity index (χ2v) is 11.4. The van der Waals surface area contributed by atoms with Gasteiger partial charge >= 0.3 is 59.1 Å². The van der Waals surface area contributed by atoms with E-state index in [0.717, 1.165) is 24.3 Å². The predicted octanol–water partition coefficient (Wildman–Crippen LogP) is 0.0669. The van der Waals surface area contributed by atoms with Gasteiger partial charge in [-0.05, 0) is 72.8 Å². The summed E-state index contributed by atoms with van der Waals surface area (Å²) in [7, 11) is -9.74. The van der Waals surface area contributed by atoms with E-state index in [-0.39, 0.29) is 98.0 Å². The number of benzene rings is 5. The van der Waals surface area contributed by atoms with Crippen molar-refractivity contribution >= 4 is 70.2 Å². The van der Waals surface area contributed by atoms with Crippen LogP contribution in [0.2, 0.25) is 0 Å². The maximum atomic E-state index is 13.2. The molecule has 0 saturated carbocycles. The largest absolute Gasteiger partial charge is 1.00 e. The molecule has 0 atom stereocenters. The molecule has 0 aliphatic rings. The van der Waals surface area contributed by atoms with Crippen LogP contribution in [0.15, 0.2) is 109 Å². The molecule has 43 heavy (non-hydrogen) atoms. The predicted molar refractivity (Wildman–Crippen MR) is 145 cm³/mol. The van der Waals surface area contributed by atoms with Crippen LogP contribution in [0.5, 0.6) is 5.75 Å². The monoisotopic (exact) mass is 639 g/mol. The molecule has 5 aromatic rings. The number of nitrogens with zero attached hydrogens (tertiary/aromatic N) is 4. The Morgan fingerprint density at radius 3 is 1.79 bits per heavy atom. The van der Waals surface area contributed by atoms with Crippen molar-refractivity contribution in [3.05, 3.63) is 84.7 Å². The van der Waals surface area contributed by atoms with E-state index in [1.807, 2.05) is 0 Å². The van der Waals surface area contributed by atoms with Crippen LogP contribution in [0, 0.1) is 5.82 Å². The van der Waals surface area contributed by atoms with E-state index in [1.54, 1.807) is 0 Å². The molecule has 0 aromatic heterocycles. The summed E-state index contributed by atoms with van der Waals surface area (Å²) in [4.78, 5) is -1.22. The number of rotatable bonds is 6. The summed E-state index contributed by atoms with van der Waals surface area (Å²) in [5.74, 6) is -1.03. The first-order valence-electron chi connectivity index (χ1n) is 11.4. The number of azo groups is 2. The van der Waals surface area contributed by atoms with Gasteiger partial charge in [0.2, 0.25) is 0 Å². The third-order valence-electron chi connectivity index (χ3n) is 5.96. The van der Waals surface area contributed by atoms with Gasteiger partial charge in [0.15, 0.2) is 0 Å². The second-order valence-electron chi connectivity index (χ2n) is 8.63. The molecule has 0 spiro atoms. The zero-order valence-corrected chi connectivity index (χ0v) is 28.1. The normalized spacial score (nSPS) is 12.1. The molecule has 0 aliphatic carbocycles. The molecule has 0 saturated heterocycles. The summed E-state index contributed by atoms with van der Waals surface area (Å²) in [6.45, 7) is 0. The Bertz CT molecular complexity index is 2150. The maximum Gasteiger partial charge on any atom is 1.00 e. The van der Waals surface area contributed by atoms with Gasteiger partial charge in [-0.15, -0.1) is 15.3 Å². The quantitative estimate of drug-likeness (QED) is 0.112. The Hall–Kier alpha value is -2.83. The van der Waals surface area contributed by atoms with E-state index in [0.29, 0.717) is 11.1 Å². The van der Waals surface area contributed by atoms with Crippen molar-refractivity contribution in [2.75, 3.05) is 5.73 Å². The first-order valence-corrected chi connectivity index (χ1v) is 14.3. The molecule has 0 amide bonds. The van der Waals surface area contributed by atoms with E-state index in [9.17, 15) is 35.4 Å². The molecule has 0 unspecified atom stereocenters. The third-order valence-corrected chi connectivity index (χ3v) is 7.61. The van der Waals surface area contributed by atoms with E-state index < -0.39 is 41.6 Å². The van der Waals surface area contributed by atoms with Crippen LogP contribution >= 0.6 is 0 Å². The molecule has 12 nitrogen and oxygen atoms in total. The molecule has 5 aromatic carbocycles. The number of phenolic OH excluding ortho intramolecular Hbond substituents is 1. The Kier molecular flexibility index (Phi) is 10.8. The van der Waals surface area contributed by atoms with Crippen molar-refractivity contribution in [3.8, 4) is 5.75 Å². The Balaban J connectivity index is 0.00000253. The van der Waals surface area contributed by atoms with Gasteiger partial charge in [-0.1, -0.05) is 6.07 Å². The minimum absolute atomic E-state index is 0. The molecule has 0 radical (unpaired) electrons. The van der Waals surface area contributed by atoms with Crippen LogP contribution in [-0.4, -0.2) is 31.0 Å². The number of nitrogens with two attached hydrogens (primary N) is 1. The smallest absolute Gasteiger partial charge is 0.744 e. The number of hydrogen-bond donors (Lipinski definition) is 2. The number of halogens is 1. The average Bonchev–Trinajstić information content (AvgIpc) is 2.91. The number of aromatic hydroxyl groups is 1. The van der Waals surface area contributed by atoms with Gasteiger partial charge in [0, 0.05) is 21.8 Å². The van der Waals surface area contributed by atoms with Gasteiger partial charge in [-0.3, -0.25) is 0 Å². The molecule has 0 aliphatic heterocycles. The van der Waals surface area contributed by atoms with Crippen molar-refractivity contribution in [2.24, 2.45) is 20.5 Å². The molecule has 17 heteroatoms. The van der Waals surface area contributed by atoms with Crippen molar-refractivity contribution < 1.29 is 94.6 Å². The molecule has 5 rings (SSSR count). The summed E-state index contributed by atoms with van der Waals surface area (Å²) in [5.41, 5.74) is 6.78. The van der Waals surface area contributed by atoms with Crippen molar-refractivity contribution in [1.29, 1.82) is 0 Å². The Labute approximate surface area is 288 Å². The van der Waals surface area contributed by atoms with Crippen LogP contribution in [0.4, 0.5) is 32.8 Å². The summed E-state index contributed by atoms with van der Waals surface area (Å²) in [5, 5.41) is 27.6. The summed E-state index contributed by atoms with van der Waals surface area (Å²) in [6, 6.07) is 16.3. The van der Waals surface area contributed by atoms with E-state index in [4.69, 9.17) is 5.73 Å². The molecular weight excluding hydrogens is 623 g/mol. The van der Waals surface area contributed by atoms with Gasteiger partial charge in [-0.2, -0.15) is 5.11 Å². The third kappa shape index (κ3) is 7.64. The summed E-state index contributed by atoms with van der Waals surface area (Å²) in [6.07, 6.45) is 0. The zero-order chi connectivity index (χ0) is 29.5. The van der Waals surface area contributed by atoms with Gasteiger partial charge < -0.3 is 19.9 Å². The first-order chi connectivity index (χ1) is 19.3. The fraction of sp³-hybridized carbons (Fsp3) is 0. The van der Waals surface area contributed by atoms with Crippen LogP contribution < -0.4 is 64.8 Å². The minimum Gasteiger partial charge on any atom is -0.744 e. The van der Waals surface area contributed by atoms with Crippen molar-refractivity contribution in [2.45, 2.75) is 9.79 Å². The Morgan fingerprint density at radius 2 is 1.16 bits per heavy atom. The number of nitrogen functional groups attached to an aromatic ring is 1. The number of phenols is 1. The molecule has 208 valence electrons. The van der Waals surface area contributed by atoms with Crippen LogP contribution in [0.3, 0.4) is 0 Å². The topological polar surface area (TPSA) is 210 Å². The first kappa shape index (κ1) is 34.7. The standard InChI is InChI=1S/C26H18FN5O7S2.2Na/c27-14-1-3-15(4-2-14)29-30-22-9-10-23(19-11-16(40(34,35)36)5-6-18(19)22)31-32-24-8-7-21(28)20-12-17(41(37,38)39)13-25(33)26(20)24;;/h1-13,33H,28H2,(H,34,35,36)(H,37,38,39);;/q;2*+1/p-2. The number of hydrogen-bond acceptors (Lipinski definition) is 12. The molecule has 0 bridgehead atoms. The zero-order valence-electron chi connectivity index (χ0n) is 22.5. The molecular formula is C26H16FN5Na2O7S2. The molecule has 0 heterocycles. The Morgan fingerprint density at radius 1 is 0.628 bits per heavy atom. The van der Waals surface area contributed by atoms with Crippen LogP contribution in [-0.2, 0) is 20.2 Å². The molecule has 0 fully saturated rings. The van der Waals surface area contributed by atoms with Crippen LogP contribution in [0.25, 0.3) is 21.5 Å². The minimum atomic E-state index is -4.90. The van der Waals surface area contributed by atoms with Crippen molar-refractivity contribution in [1.82, 2.24) is 0 Å². The second kappa shape index (κ2) is 13.4. The average molecular weight is 640 g/mol. The number of anilines is 1. The van der Waals surface area contributed by atoms with Gasteiger partial charge in [-0.25, -0.2) is 21.2 Å². The van der Waals surface area contributed by atoms with E-state index >= 15 is 0 Å².